The largest absolute Gasteiger partial charge is 0.593 e. The highest BCUT2D eigenvalue weighted by Gasteiger charge is 2.35. The summed E-state index contributed by atoms with van der Waals surface area (Å²) in [6.07, 6.45) is -0.804. The van der Waals surface area contributed by atoms with Gasteiger partial charge in [0, 0.05) is 31.4 Å². The molecule has 2 aromatic carbocycles. The molecule has 0 aliphatic carbocycles. The van der Waals surface area contributed by atoms with E-state index < -0.39 is 23.3 Å². The van der Waals surface area contributed by atoms with Gasteiger partial charge < -0.3 is 14.2 Å². The molecular formula is C23H25FN4O3S. The van der Waals surface area contributed by atoms with Gasteiger partial charge in [0.15, 0.2) is 22.6 Å². The number of hydrogen-bond donors (Lipinski definition) is 1. The maximum absolute atomic E-state index is 15.2. The molecule has 168 valence electrons. The number of benzene rings is 2. The number of anilines is 1. The van der Waals surface area contributed by atoms with Crippen molar-refractivity contribution in [1.29, 1.82) is 0 Å². The fourth-order valence-corrected chi connectivity index (χ4v) is 4.58. The molecule has 0 bridgehead atoms. The number of aryl methyl sites for hydroxylation is 2. The van der Waals surface area contributed by atoms with Crippen molar-refractivity contribution in [2.75, 3.05) is 11.9 Å². The van der Waals surface area contributed by atoms with E-state index in [-0.39, 0.29) is 18.2 Å². The number of aromatic nitrogens is 2. The second-order valence-electron chi connectivity index (χ2n) is 7.76. The van der Waals surface area contributed by atoms with Crippen LogP contribution in [0.1, 0.15) is 23.9 Å². The third-order valence-electron chi connectivity index (χ3n) is 5.77. The van der Waals surface area contributed by atoms with Gasteiger partial charge in [-0.3, -0.25) is 9.48 Å². The van der Waals surface area contributed by atoms with Crippen LogP contribution in [-0.4, -0.2) is 33.4 Å². The number of carbonyl (C=O) groups is 1. The molecule has 0 saturated heterocycles. The van der Waals surface area contributed by atoms with Crippen molar-refractivity contribution in [2.24, 2.45) is 7.05 Å². The van der Waals surface area contributed by atoms with Gasteiger partial charge in [0.05, 0.1) is 29.3 Å². The Kier molecular flexibility index (Phi) is 5.98. The van der Waals surface area contributed by atoms with E-state index in [2.05, 4.69) is 9.82 Å². The topological polar surface area (TPSA) is 82.5 Å². The number of nitrogens with one attached hydrogen (secondary N) is 1. The van der Waals surface area contributed by atoms with Crippen LogP contribution in [0.25, 0.3) is 11.1 Å². The van der Waals surface area contributed by atoms with Crippen LogP contribution in [0.15, 0.2) is 41.3 Å². The van der Waals surface area contributed by atoms with Crippen molar-refractivity contribution >= 4 is 23.0 Å². The Morgan fingerprint density at radius 3 is 2.66 bits per heavy atom. The third kappa shape index (κ3) is 3.87. The summed E-state index contributed by atoms with van der Waals surface area (Å²) in [4.78, 5) is 15.2. The number of amides is 1. The van der Waals surface area contributed by atoms with Crippen molar-refractivity contribution in [2.45, 2.75) is 38.3 Å². The van der Waals surface area contributed by atoms with Crippen molar-refractivity contribution in [3.05, 3.63) is 59.2 Å². The molecule has 1 N–H and O–H groups in total. The average molecular weight is 457 g/mol. The maximum atomic E-state index is 15.2. The Morgan fingerprint density at radius 2 is 2.00 bits per heavy atom. The van der Waals surface area contributed by atoms with Crippen LogP contribution in [0.5, 0.6) is 5.75 Å². The summed E-state index contributed by atoms with van der Waals surface area (Å²) >= 11 is -1.37. The standard InChI is InChI=1S/C23H25FN4O3S/c1-13-19(14(2)27(5)26-13)12-28-21-11-17(10-20(24)22(21)31-15(3)23(28)29)16-7-6-8-18(9-16)32(30)25-4/h6-11,15,25H,12H2,1-5H3/t15-,32?/m1/s1. The van der Waals surface area contributed by atoms with Crippen LogP contribution in [-0.2, 0) is 29.7 Å². The van der Waals surface area contributed by atoms with Gasteiger partial charge in [0.1, 0.15) is 0 Å². The molecule has 0 saturated carbocycles. The predicted octanol–water partition coefficient (Wildman–Crippen LogP) is 3.40. The number of halogens is 1. The van der Waals surface area contributed by atoms with Gasteiger partial charge >= 0.3 is 0 Å². The molecule has 1 aromatic heterocycles. The molecule has 0 radical (unpaired) electrons. The molecule has 2 heterocycles. The van der Waals surface area contributed by atoms with Crippen molar-refractivity contribution < 1.29 is 18.5 Å². The van der Waals surface area contributed by atoms with Crippen LogP contribution in [0, 0.1) is 19.7 Å². The van der Waals surface area contributed by atoms with Crippen LogP contribution in [0.2, 0.25) is 0 Å². The van der Waals surface area contributed by atoms with E-state index in [1.807, 2.05) is 27.0 Å². The number of ether oxygens (including phenoxy) is 1. The van der Waals surface area contributed by atoms with E-state index in [0.29, 0.717) is 21.7 Å². The minimum absolute atomic E-state index is 0.0509. The summed E-state index contributed by atoms with van der Waals surface area (Å²) in [6, 6.07) is 10.2. The first-order valence-corrected chi connectivity index (χ1v) is 11.4. The molecule has 1 aliphatic rings. The average Bonchev–Trinajstić information content (AvgIpc) is 3.02. The second kappa shape index (κ2) is 8.57. The number of nitrogens with zero attached hydrogens (tertiary/aromatic N) is 3. The molecule has 9 heteroatoms. The van der Waals surface area contributed by atoms with Gasteiger partial charge in [-0.2, -0.15) is 5.10 Å². The Bertz CT molecular complexity index is 1200. The highest BCUT2D eigenvalue weighted by molar-refractivity contribution is 7.89. The Morgan fingerprint density at radius 1 is 1.25 bits per heavy atom. The lowest BCUT2D eigenvalue weighted by atomic mass is 10.0. The zero-order chi connectivity index (χ0) is 23.2. The Labute approximate surface area is 189 Å². The molecule has 2 atom stereocenters. The SMILES string of the molecule is CN[S+]([O-])c1cccc(-c2cc(F)c3c(c2)N(Cc2c(C)nn(C)c2C)C(=O)[C@@H](C)O3)c1. The number of carbonyl (C=O) groups excluding carboxylic acids is 1. The number of hydrogen-bond acceptors (Lipinski definition) is 5. The van der Waals surface area contributed by atoms with Gasteiger partial charge in [-0.15, -0.1) is 4.72 Å². The lowest BCUT2D eigenvalue weighted by Gasteiger charge is -2.33. The first-order valence-electron chi connectivity index (χ1n) is 10.2. The molecule has 3 aromatic rings. The minimum atomic E-state index is -1.37. The van der Waals surface area contributed by atoms with Crippen LogP contribution >= 0.6 is 0 Å². The van der Waals surface area contributed by atoms with E-state index in [9.17, 15) is 9.35 Å². The molecule has 7 nitrogen and oxygen atoms in total. The van der Waals surface area contributed by atoms with E-state index >= 15 is 4.39 Å². The summed E-state index contributed by atoms with van der Waals surface area (Å²) in [7, 11) is 3.45. The predicted molar refractivity (Wildman–Crippen MR) is 121 cm³/mol. The number of fused-ring (bicyclic) bond motifs is 1. The fourth-order valence-electron chi connectivity index (χ4n) is 3.90. The monoisotopic (exact) mass is 456 g/mol. The summed E-state index contributed by atoms with van der Waals surface area (Å²) < 4.78 is 37.4. The molecule has 1 amide bonds. The van der Waals surface area contributed by atoms with Gasteiger partial charge in [-0.25, -0.2) is 4.39 Å². The second-order valence-corrected chi connectivity index (χ2v) is 9.18. The molecule has 1 unspecified atom stereocenters. The molecule has 1 aliphatic heterocycles. The minimum Gasteiger partial charge on any atom is -0.593 e. The van der Waals surface area contributed by atoms with E-state index in [1.54, 1.807) is 47.8 Å². The zero-order valence-corrected chi connectivity index (χ0v) is 19.4. The molecule has 4 rings (SSSR count). The Balaban J connectivity index is 1.82. The first kappa shape index (κ1) is 22.3. The maximum Gasteiger partial charge on any atom is 0.268 e. The van der Waals surface area contributed by atoms with Crippen LogP contribution in [0.4, 0.5) is 10.1 Å². The Hall–Kier alpha value is -2.88. The summed E-state index contributed by atoms with van der Waals surface area (Å²) in [5, 5.41) is 4.43. The lowest BCUT2D eigenvalue weighted by Crippen LogP contribution is -2.44. The molecule has 0 fully saturated rings. The molecular weight excluding hydrogens is 431 g/mol. The zero-order valence-electron chi connectivity index (χ0n) is 18.6. The van der Waals surface area contributed by atoms with Gasteiger partial charge in [0.2, 0.25) is 0 Å². The van der Waals surface area contributed by atoms with Gasteiger partial charge in [0.25, 0.3) is 5.91 Å². The number of rotatable bonds is 5. The van der Waals surface area contributed by atoms with Crippen molar-refractivity contribution in [1.82, 2.24) is 14.5 Å². The summed E-state index contributed by atoms with van der Waals surface area (Å²) in [6.45, 7) is 5.71. The highest BCUT2D eigenvalue weighted by Crippen LogP contribution is 2.41. The quantitative estimate of drug-likeness (QED) is 0.595. The van der Waals surface area contributed by atoms with Gasteiger partial charge in [-0.05, 0) is 50.1 Å². The van der Waals surface area contributed by atoms with E-state index in [1.165, 1.54) is 6.07 Å². The smallest absolute Gasteiger partial charge is 0.268 e. The van der Waals surface area contributed by atoms with Gasteiger partial charge in [-0.1, -0.05) is 12.1 Å². The summed E-state index contributed by atoms with van der Waals surface area (Å²) in [5.74, 6) is -0.752. The van der Waals surface area contributed by atoms with Crippen molar-refractivity contribution in [3.63, 3.8) is 0 Å². The first-order chi connectivity index (χ1) is 15.2. The lowest BCUT2D eigenvalue weighted by molar-refractivity contribution is -0.125. The van der Waals surface area contributed by atoms with Crippen molar-refractivity contribution in [3.8, 4) is 16.9 Å². The molecule has 0 spiro atoms. The van der Waals surface area contributed by atoms with E-state index in [0.717, 1.165) is 17.0 Å². The third-order valence-corrected chi connectivity index (χ3v) is 6.82. The molecule has 32 heavy (non-hydrogen) atoms. The summed E-state index contributed by atoms with van der Waals surface area (Å²) in [5.41, 5.74) is 4.29. The normalized spacial score (nSPS) is 16.7. The van der Waals surface area contributed by atoms with Crippen LogP contribution in [0.3, 0.4) is 0 Å². The van der Waals surface area contributed by atoms with Crippen LogP contribution < -0.4 is 14.4 Å². The fraction of sp³-hybridized carbons (Fsp3) is 0.304. The highest BCUT2D eigenvalue weighted by atomic mass is 32.2. The van der Waals surface area contributed by atoms with E-state index in [4.69, 9.17) is 4.74 Å².